The second-order valence-corrected chi connectivity index (χ2v) is 6.68. The van der Waals surface area contributed by atoms with E-state index in [9.17, 15) is 13.2 Å². The summed E-state index contributed by atoms with van der Waals surface area (Å²) < 4.78 is 45.0. The van der Waals surface area contributed by atoms with Crippen molar-refractivity contribution in [2.75, 3.05) is 24.6 Å². The molecule has 0 aromatic heterocycles. The van der Waals surface area contributed by atoms with Crippen LogP contribution in [0.25, 0.3) is 0 Å². The highest BCUT2D eigenvalue weighted by Gasteiger charge is 2.32. The first-order chi connectivity index (χ1) is 11.4. The van der Waals surface area contributed by atoms with Crippen LogP contribution in [0.2, 0.25) is 0 Å². The molecule has 7 heteroatoms. The third-order valence-electron chi connectivity index (χ3n) is 4.04. The molecule has 0 unspecified atom stereocenters. The number of halogens is 3. The van der Waals surface area contributed by atoms with Gasteiger partial charge in [0.1, 0.15) is 5.40 Å². The van der Waals surface area contributed by atoms with E-state index >= 15 is 0 Å². The Balaban J connectivity index is 2.06. The Morgan fingerprint density at radius 3 is 2.58 bits per heavy atom. The minimum Gasteiger partial charge on any atom is -0.378 e. The number of thioether (sulfide) groups is 1. The number of anilines is 1. The average Bonchev–Trinajstić information content (AvgIpc) is 2.55. The van der Waals surface area contributed by atoms with Gasteiger partial charge in [-0.1, -0.05) is 13.3 Å². The quantitative estimate of drug-likeness (QED) is 0.404. The number of rotatable bonds is 6. The molecule has 0 bridgehead atoms. The van der Waals surface area contributed by atoms with E-state index in [0.29, 0.717) is 23.7 Å². The lowest BCUT2D eigenvalue weighted by molar-refractivity contribution is -0.137. The summed E-state index contributed by atoms with van der Waals surface area (Å²) in [4.78, 5) is 2.26. The molecule has 0 radical (unpaired) electrons. The molecule has 0 saturated carbocycles. The number of benzene rings is 1. The molecule has 1 fully saturated rings. The fourth-order valence-electron chi connectivity index (χ4n) is 2.72. The summed E-state index contributed by atoms with van der Waals surface area (Å²) in [7, 11) is 0. The van der Waals surface area contributed by atoms with Gasteiger partial charge in [-0.05, 0) is 49.2 Å². The number of hydrogen-bond acceptors (Lipinski definition) is 4. The lowest BCUT2D eigenvalue weighted by Gasteiger charge is -2.34. The molecule has 1 heterocycles. The van der Waals surface area contributed by atoms with E-state index in [-0.39, 0.29) is 6.10 Å². The standard InChI is InChI=1S/C17H21F3N2OS/c1-2-3-8-23-15-4-6-22(7-5-15)14-9-13(17(18,19)20)10-16(11-14)24-12-21/h9-11,15H,2-8H2,1H3. The van der Waals surface area contributed by atoms with Crippen molar-refractivity contribution in [2.24, 2.45) is 0 Å². The zero-order chi connectivity index (χ0) is 17.6. The van der Waals surface area contributed by atoms with Gasteiger partial charge in [0.2, 0.25) is 0 Å². The number of piperidine rings is 1. The molecular formula is C17H21F3N2OS. The first kappa shape index (κ1) is 18.9. The molecule has 0 N–H and O–H groups in total. The van der Waals surface area contributed by atoms with Crippen LogP contribution in [0.3, 0.4) is 0 Å². The van der Waals surface area contributed by atoms with Gasteiger partial charge < -0.3 is 9.64 Å². The van der Waals surface area contributed by atoms with Crippen LogP contribution in [0, 0.1) is 10.7 Å². The lowest BCUT2D eigenvalue weighted by Crippen LogP contribution is -2.37. The van der Waals surface area contributed by atoms with Gasteiger partial charge in [0.05, 0.1) is 11.7 Å². The van der Waals surface area contributed by atoms with Crippen LogP contribution >= 0.6 is 11.8 Å². The van der Waals surface area contributed by atoms with Crippen LogP contribution in [-0.2, 0) is 10.9 Å². The van der Waals surface area contributed by atoms with E-state index in [2.05, 4.69) is 6.92 Å². The Hall–Kier alpha value is -1.39. The van der Waals surface area contributed by atoms with Crippen LogP contribution in [0.15, 0.2) is 23.1 Å². The summed E-state index contributed by atoms with van der Waals surface area (Å²) in [6.07, 6.45) is -0.499. The molecule has 1 saturated heterocycles. The van der Waals surface area contributed by atoms with Crippen LogP contribution in [-0.4, -0.2) is 25.8 Å². The normalized spacial score (nSPS) is 16.2. The smallest absolute Gasteiger partial charge is 0.378 e. The lowest BCUT2D eigenvalue weighted by atomic mass is 10.1. The van der Waals surface area contributed by atoms with Crippen molar-refractivity contribution >= 4 is 17.4 Å². The van der Waals surface area contributed by atoms with Gasteiger partial charge >= 0.3 is 6.18 Å². The molecular weight excluding hydrogens is 337 g/mol. The maximum Gasteiger partial charge on any atom is 0.416 e. The van der Waals surface area contributed by atoms with Crippen molar-refractivity contribution < 1.29 is 17.9 Å². The number of alkyl halides is 3. The number of hydrogen-bond donors (Lipinski definition) is 0. The van der Waals surface area contributed by atoms with Crippen molar-refractivity contribution in [3.8, 4) is 5.40 Å². The van der Waals surface area contributed by atoms with Crippen LogP contribution in [0.4, 0.5) is 18.9 Å². The second kappa shape index (κ2) is 8.63. The van der Waals surface area contributed by atoms with E-state index < -0.39 is 11.7 Å². The van der Waals surface area contributed by atoms with Gasteiger partial charge in [0.25, 0.3) is 0 Å². The largest absolute Gasteiger partial charge is 0.416 e. The third-order valence-corrected chi connectivity index (χ3v) is 4.60. The Morgan fingerprint density at radius 2 is 2.00 bits per heavy atom. The zero-order valence-corrected chi connectivity index (χ0v) is 14.4. The Labute approximate surface area is 144 Å². The van der Waals surface area contributed by atoms with Crippen LogP contribution in [0.1, 0.15) is 38.2 Å². The molecule has 1 aromatic rings. The highest BCUT2D eigenvalue weighted by molar-refractivity contribution is 8.03. The van der Waals surface area contributed by atoms with Gasteiger partial charge in [-0.15, -0.1) is 0 Å². The number of nitrogens with zero attached hydrogens (tertiary/aromatic N) is 2. The molecule has 1 aliphatic heterocycles. The number of ether oxygens (including phenoxy) is 1. The minimum atomic E-state index is -4.41. The van der Waals surface area contributed by atoms with E-state index in [4.69, 9.17) is 10.00 Å². The Bertz CT molecular complexity index is 578. The van der Waals surface area contributed by atoms with Crippen molar-refractivity contribution in [1.29, 1.82) is 5.26 Å². The predicted octanol–water partition coefficient (Wildman–Crippen LogP) is 5.06. The minimum absolute atomic E-state index is 0.187. The highest BCUT2D eigenvalue weighted by atomic mass is 32.2. The molecule has 2 rings (SSSR count). The molecule has 0 aliphatic carbocycles. The van der Waals surface area contributed by atoms with Crippen LogP contribution in [0.5, 0.6) is 0 Å². The fourth-order valence-corrected chi connectivity index (χ4v) is 3.19. The summed E-state index contributed by atoms with van der Waals surface area (Å²) in [5.74, 6) is 0. The molecule has 24 heavy (non-hydrogen) atoms. The highest BCUT2D eigenvalue weighted by Crippen LogP contribution is 2.36. The summed E-state index contributed by atoms with van der Waals surface area (Å²) >= 11 is 0.752. The maximum atomic E-state index is 13.1. The van der Waals surface area contributed by atoms with Crippen molar-refractivity contribution in [3.05, 3.63) is 23.8 Å². The first-order valence-corrected chi connectivity index (χ1v) is 8.90. The first-order valence-electron chi connectivity index (χ1n) is 8.08. The molecule has 0 atom stereocenters. The fraction of sp³-hybridized carbons (Fsp3) is 0.588. The topological polar surface area (TPSA) is 36.3 Å². The molecule has 3 nitrogen and oxygen atoms in total. The number of nitriles is 1. The summed E-state index contributed by atoms with van der Waals surface area (Å²) in [6.45, 7) is 4.17. The van der Waals surface area contributed by atoms with Gasteiger partial charge in [-0.2, -0.15) is 18.4 Å². The summed E-state index contributed by atoms with van der Waals surface area (Å²) in [5.41, 5.74) is -0.186. The van der Waals surface area contributed by atoms with E-state index in [1.807, 2.05) is 10.3 Å². The van der Waals surface area contributed by atoms with Gasteiger partial charge in [-0.3, -0.25) is 0 Å². The van der Waals surface area contributed by atoms with Gasteiger partial charge in [-0.25, -0.2) is 0 Å². The molecule has 0 spiro atoms. The molecule has 1 aromatic carbocycles. The van der Waals surface area contributed by atoms with E-state index in [0.717, 1.165) is 50.1 Å². The molecule has 1 aliphatic rings. The zero-order valence-electron chi connectivity index (χ0n) is 13.6. The number of thiocyanates is 1. The molecule has 132 valence electrons. The average molecular weight is 358 g/mol. The van der Waals surface area contributed by atoms with E-state index in [1.165, 1.54) is 6.07 Å². The second-order valence-electron chi connectivity index (χ2n) is 5.82. The van der Waals surface area contributed by atoms with Gasteiger partial charge in [0.15, 0.2) is 0 Å². The van der Waals surface area contributed by atoms with Gasteiger partial charge in [0, 0.05) is 30.3 Å². The number of unbranched alkanes of at least 4 members (excludes halogenated alkanes) is 1. The monoisotopic (exact) mass is 358 g/mol. The van der Waals surface area contributed by atoms with Crippen molar-refractivity contribution in [2.45, 2.75) is 49.8 Å². The Kier molecular flexibility index (Phi) is 6.81. The molecule has 0 amide bonds. The SMILES string of the molecule is CCCCOC1CCN(c2cc(SC#N)cc(C(F)(F)F)c2)CC1. The Morgan fingerprint density at radius 1 is 1.29 bits per heavy atom. The predicted molar refractivity (Wildman–Crippen MR) is 89.0 cm³/mol. The summed E-state index contributed by atoms with van der Waals surface area (Å²) in [6, 6.07) is 3.85. The van der Waals surface area contributed by atoms with Crippen molar-refractivity contribution in [1.82, 2.24) is 0 Å². The third kappa shape index (κ3) is 5.32. The van der Waals surface area contributed by atoms with Crippen molar-refractivity contribution in [3.63, 3.8) is 0 Å². The van der Waals surface area contributed by atoms with E-state index in [1.54, 1.807) is 6.07 Å². The summed E-state index contributed by atoms with van der Waals surface area (Å²) in [5, 5.41) is 10.6. The van der Waals surface area contributed by atoms with Crippen LogP contribution < -0.4 is 4.90 Å². The maximum absolute atomic E-state index is 13.1.